The van der Waals surface area contributed by atoms with Crippen molar-refractivity contribution in [3.05, 3.63) is 66.7 Å². The van der Waals surface area contributed by atoms with Crippen LogP contribution < -0.4 is 28.6 Å². The van der Waals surface area contributed by atoms with Crippen LogP contribution in [0.2, 0.25) is 0 Å². The van der Waals surface area contributed by atoms with Gasteiger partial charge in [0.2, 0.25) is 0 Å². The molecule has 0 saturated heterocycles. The first-order valence-electron chi connectivity index (χ1n) is 11.4. The number of ether oxygens (including phenoxy) is 5. The normalized spacial score (nSPS) is 12.2. The average molecular weight is 522 g/mol. The van der Waals surface area contributed by atoms with Crippen molar-refractivity contribution in [2.24, 2.45) is 0 Å². The molecule has 0 amide bonds. The van der Waals surface area contributed by atoms with Crippen molar-refractivity contribution in [2.75, 3.05) is 45.7 Å². The molecule has 0 spiro atoms. The van der Waals surface area contributed by atoms with E-state index in [1.54, 1.807) is 44.4 Å². The van der Waals surface area contributed by atoms with Crippen LogP contribution in [-0.2, 0) is 0 Å². The molecule has 1 aliphatic heterocycles. The molecule has 0 atom stereocenters. The topological polar surface area (TPSA) is 49.4 Å². The number of anilines is 3. The van der Waals surface area contributed by atoms with E-state index in [1.807, 2.05) is 48.5 Å². The lowest BCUT2D eigenvalue weighted by molar-refractivity contribution is 0.170. The van der Waals surface area contributed by atoms with E-state index in [4.69, 9.17) is 23.7 Å². The molecule has 0 N–H and O–H groups in total. The van der Waals surface area contributed by atoms with Gasteiger partial charge in [-0.05, 0) is 66.9 Å². The Labute approximate surface area is 219 Å². The van der Waals surface area contributed by atoms with Gasteiger partial charge < -0.3 is 28.6 Å². The summed E-state index contributed by atoms with van der Waals surface area (Å²) in [5, 5.41) is 0. The predicted molar refractivity (Wildman–Crippen MR) is 147 cm³/mol. The smallest absolute Gasteiger partial charge is 0.186 e. The van der Waals surface area contributed by atoms with Crippen LogP contribution in [-0.4, -0.2) is 40.8 Å². The fourth-order valence-electron chi connectivity index (χ4n) is 4.15. The molecule has 6 nitrogen and oxygen atoms in total. The summed E-state index contributed by atoms with van der Waals surface area (Å²) in [5.74, 6) is 3.98. The molecule has 0 radical (unpaired) electrons. The van der Waals surface area contributed by atoms with Gasteiger partial charge in [0.15, 0.2) is 11.5 Å². The number of hydrogen-bond acceptors (Lipinski definition) is 8. The number of hydrogen-bond donors (Lipinski definition) is 0. The molecule has 3 aromatic carbocycles. The number of methoxy groups -OCH3 is 3. The number of thiophene rings is 1. The summed E-state index contributed by atoms with van der Waals surface area (Å²) in [4.78, 5) is 3.18. The van der Waals surface area contributed by atoms with E-state index in [0.29, 0.717) is 13.2 Å². The van der Waals surface area contributed by atoms with E-state index in [-0.39, 0.29) is 0 Å². The minimum absolute atomic E-state index is 0.535. The van der Waals surface area contributed by atoms with Gasteiger partial charge in [-0.3, -0.25) is 0 Å². The van der Waals surface area contributed by atoms with Gasteiger partial charge in [0.1, 0.15) is 34.7 Å². The van der Waals surface area contributed by atoms with Crippen molar-refractivity contribution < 1.29 is 23.7 Å². The Balaban J connectivity index is 1.61. The highest BCUT2D eigenvalue weighted by Crippen LogP contribution is 2.54. The summed E-state index contributed by atoms with van der Waals surface area (Å²) in [6, 6.07) is 22.2. The van der Waals surface area contributed by atoms with Crippen LogP contribution >= 0.6 is 23.1 Å². The van der Waals surface area contributed by atoms with Crippen molar-refractivity contribution in [2.45, 2.75) is 4.21 Å². The van der Waals surface area contributed by atoms with Gasteiger partial charge in [-0.25, -0.2) is 0 Å². The van der Waals surface area contributed by atoms with E-state index >= 15 is 0 Å². The van der Waals surface area contributed by atoms with E-state index < -0.39 is 0 Å². The molecule has 0 fully saturated rings. The lowest BCUT2D eigenvalue weighted by Gasteiger charge is -2.26. The molecule has 0 aliphatic carbocycles. The first-order valence-corrected chi connectivity index (χ1v) is 13.4. The van der Waals surface area contributed by atoms with Crippen LogP contribution in [0.4, 0.5) is 17.1 Å². The molecule has 8 heteroatoms. The van der Waals surface area contributed by atoms with Crippen molar-refractivity contribution in [1.29, 1.82) is 0 Å². The zero-order valence-electron chi connectivity index (χ0n) is 20.6. The van der Waals surface area contributed by atoms with Gasteiger partial charge in [-0.1, -0.05) is 0 Å². The van der Waals surface area contributed by atoms with E-state index in [2.05, 4.69) is 29.4 Å². The van der Waals surface area contributed by atoms with Gasteiger partial charge in [0, 0.05) is 28.7 Å². The summed E-state index contributed by atoms with van der Waals surface area (Å²) in [5.41, 5.74) is 3.91. The molecule has 0 bridgehead atoms. The Kier molecular flexibility index (Phi) is 7.16. The summed E-state index contributed by atoms with van der Waals surface area (Å²) >= 11 is 3.33. The second-order valence-corrected chi connectivity index (χ2v) is 9.99. The van der Waals surface area contributed by atoms with Crippen LogP contribution in [0, 0.1) is 0 Å². The minimum atomic E-state index is 0.535. The van der Waals surface area contributed by atoms with E-state index in [1.165, 1.54) is 0 Å². The maximum absolute atomic E-state index is 6.03. The van der Waals surface area contributed by atoms with Crippen molar-refractivity contribution in [3.8, 4) is 39.2 Å². The maximum atomic E-state index is 6.03. The number of rotatable bonds is 8. The Morgan fingerprint density at radius 3 is 1.81 bits per heavy atom. The maximum Gasteiger partial charge on any atom is 0.186 e. The van der Waals surface area contributed by atoms with Gasteiger partial charge >= 0.3 is 0 Å². The number of fused-ring (bicyclic) bond motifs is 1. The molecule has 1 aliphatic rings. The van der Waals surface area contributed by atoms with Gasteiger partial charge in [-0.2, -0.15) is 0 Å². The average Bonchev–Trinajstić information content (AvgIpc) is 3.32. The molecule has 2 heterocycles. The third-order valence-electron chi connectivity index (χ3n) is 5.90. The first kappa shape index (κ1) is 24.2. The molecular weight excluding hydrogens is 494 g/mol. The van der Waals surface area contributed by atoms with Crippen LogP contribution in [0.3, 0.4) is 0 Å². The highest BCUT2D eigenvalue weighted by Gasteiger charge is 2.27. The highest BCUT2D eigenvalue weighted by atomic mass is 32.2. The highest BCUT2D eigenvalue weighted by molar-refractivity contribution is 8.00. The second-order valence-electron chi connectivity index (χ2n) is 7.89. The largest absolute Gasteiger partial charge is 0.497 e. The summed E-state index contributed by atoms with van der Waals surface area (Å²) < 4.78 is 29.7. The van der Waals surface area contributed by atoms with Crippen molar-refractivity contribution >= 4 is 40.2 Å². The molecule has 5 rings (SSSR count). The molecule has 4 aromatic rings. The van der Waals surface area contributed by atoms with Crippen LogP contribution in [0.5, 0.6) is 28.7 Å². The number of nitrogens with zero attached hydrogens (tertiary/aromatic N) is 1. The molecule has 0 unspecified atom stereocenters. The van der Waals surface area contributed by atoms with E-state index in [0.717, 1.165) is 60.5 Å². The standard InChI is InChI=1S/C28H27NO5S2/c1-30-21-10-5-18(6-11-21)29(19-7-12-22(31-2)13-8-19)20-9-14-23(24(17-20)32-3)27-25-26(28(35-4)36-27)34-16-15-33-25/h5-14,17H,15-16H2,1-4H3. The predicted octanol–water partition coefficient (Wildman–Crippen LogP) is 7.40. The number of thioether (sulfide) groups is 1. The molecule has 36 heavy (non-hydrogen) atoms. The fraction of sp³-hybridized carbons (Fsp3) is 0.214. The van der Waals surface area contributed by atoms with Gasteiger partial charge in [0.25, 0.3) is 0 Å². The Hall–Kier alpha value is -3.49. The second kappa shape index (κ2) is 10.6. The summed E-state index contributed by atoms with van der Waals surface area (Å²) in [7, 11) is 5.03. The van der Waals surface area contributed by atoms with Crippen LogP contribution in [0.1, 0.15) is 0 Å². The minimum Gasteiger partial charge on any atom is -0.497 e. The molecule has 186 valence electrons. The van der Waals surface area contributed by atoms with Gasteiger partial charge in [-0.15, -0.1) is 23.1 Å². The SMILES string of the molecule is COc1ccc(N(c2ccc(OC)cc2)c2ccc(-c3sc(SC)c4c3OCCO4)c(OC)c2)cc1. The Morgan fingerprint density at radius 2 is 1.28 bits per heavy atom. The molecular formula is C28H27NO5S2. The lowest BCUT2D eigenvalue weighted by Crippen LogP contribution is -2.14. The first-order chi connectivity index (χ1) is 17.7. The Morgan fingerprint density at radius 1 is 0.722 bits per heavy atom. The van der Waals surface area contributed by atoms with Crippen LogP contribution in [0.15, 0.2) is 70.9 Å². The summed E-state index contributed by atoms with van der Waals surface area (Å²) in [6.45, 7) is 1.10. The zero-order valence-corrected chi connectivity index (χ0v) is 22.2. The Bertz CT molecular complexity index is 1290. The lowest BCUT2D eigenvalue weighted by atomic mass is 10.1. The molecule has 1 aromatic heterocycles. The zero-order chi connectivity index (χ0) is 25.1. The quantitative estimate of drug-likeness (QED) is 0.224. The monoisotopic (exact) mass is 521 g/mol. The summed E-state index contributed by atoms with van der Waals surface area (Å²) in [6.07, 6.45) is 2.05. The fourth-order valence-corrected chi connectivity index (χ4v) is 6.03. The van der Waals surface area contributed by atoms with Crippen LogP contribution in [0.25, 0.3) is 10.4 Å². The molecule has 0 saturated carbocycles. The number of benzene rings is 3. The van der Waals surface area contributed by atoms with Gasteiger partial charge in [0.05, 0.1) is 26.2 Å². The van der Waals surface area contributed by atoms with Crippen molar-refractivity contribution in [1.82, 2.24) is 0 Å². The third-order valence-corrected chi connectivity index (χ3v) is 8.19. The third kappa shape index (κ3) is 4.54. The van der Waals surface area contributed by atoms with Crippen molar-refractivity contribution in [3.63, 3.8) is 0 Å². The van der Waals surface area contributed by atoms with E-state index in [9.17, 15) is 0 Å².